The van der Waals surface area contributed by atoms with E-state index in [1.54, 1.807) is 0 Å². The third kappa shape index (κ3) is 5.19. The van der Waals surface area contributed by atoms with Crippen molar-refractivity contribution in [3.63, 3.8) is 0 Å². The standard InChI is InChI=1S/C18H28ClNO/c1-18(2,3)16-14-15(19)8-9-17(16)21-13-7-12-20-10-5-4-6-11-20/h8-9,14H,4-7,10-13H2,1-3H3. The van der Waals surface area contributed by atoms with Gasteiger partial charge < -0.3 is 9.64 Å². The van der Waals surface area contributed by atoms with E-state index in [0.717, 1.165) is 30.3 Å². The highest BCUT2D eigenvalue weighted by atomic mass is 35.5. The fraction of sp³-hybridized carbons (Fsp3) is 0.667. The normalized spacial score (nSPS) is 17.0. The molecule has 0 aliphatic carbocycles. The molecule has 0 spiro atoms. The van der Waals surface area contributed by atoms with E-state index in [9.17, 15) is 0 Å². The van der Waals surface area contributed by atoms with E-state index >= 15 is 0 Å². The molecule has 0 bridgehead atoms. The van der Waals surface area contributed by atoms with Gasteiger partial charge in [-0.05, 0) is 56.0 Å². The first-order chi connectivity index (χ1) is 9.97. The lowest BCUT2D eigenvalue weighted by atomic mass is 9.86. The number of rotatable bonds is 5. The number of hydrogen-bond acceptors (Lipinski definition) is 2. The maximum Gasteiger partial charge on any atom is 0.123 e. The smallest absolute Gasteiger partial charge is 0.123 e. The molecule has 0 radical (unpaired) electrons. The lowest BCUT2D eigenvalue weighted by Crippen LogP contribution is -2.31. The monoisotopic (exact) mass is 309 g/mol. The molecule has 1 heterocycles. The Morgan fingerprint density at radius 1 is 1.14 bits per heavy atom. The van der Waals surface area contributed by atoms with E-state index < -0.39 is 0 Å². The first-order valence-corrected chi connectivity index (χ1v) is 8.50. The molecule has 1 aromatic rings. The summed E-state index contributed by atoms with van der Waals surface area (Å²) < 4.78 is 6.02. The molecule has 118 valence electrons. The second-order valence-corrected chi connectivity index (χ2v) is 7.43. The fourth-order valence-electron chi connectivity index (χ4n) is 2.87. The topological polar surface area (TPSA) is 12.5 Å². The minimum absolute atomic E-state index is 0.0487. The summed E-state index contributed by atoms with van der Waals surface area (Å²) in [5.74, 6) is 0.977. The van der Waals surface area contributed by atoms with Crippen LogP contribution in [0.3, 0.4) is 0 Å². The van der Waals surface area contributed by atoms with Gasteiger partial charge in [-0.1, -0.05) is 38.8 Å². The number of likely N-dealkylation sites (tertiary alicyclic amines) is 1. The Morgan fingerprint density at radius 2 is 1.86 bits per heavy atom. The predicted molar refractivity (Wildman–Crippen MR) is 90.6 cm³/mol. The van der Waals surface area contributed by atoms with Gasteiger partial charge >= 0.3 is 0 Å². The van der Waals surface area contributed by atoms with E-state index in [-0.39, 0.29) is 5.41 Å². The van der Waals surface area contributed by atoms with Gasteiger partial charge in [-0.3, -0.25) is 0 Å². The van der Waals surface area contributed by atoms with Gasteiger partial charge in [0.2, 0.25) is 0 Å². The number of ether oxygens (including phenoxy) is 1. The van der Waals surface area contributed by atoms with Crippen molar-refractivity contribution in [2.24, 2.45) is 0 Å². The first kappa shape index (κ1) is 16.6. The molecular formula is C18H28ClNO. The Bertz CT molecular complexity index is 447. The van der Waals surface area contributed by atoms with Crippen LogP contribution in [-0.2, 0) is 5.41 Å². The third-order valence-corrected chi connectivity index (χ3v) is 4.31. The molecule has 2 rings (SSSR count). The molecule has 3 heteroatoms. The van der Waals surface area contributed by atoms with E-state index in [4.69, 9.17) is 16.3 Å². The van der Waals surface area contributed by atoms with Crippen LogP contribution in [0.5, 0.6) is 5.75 Å². The maximum atomic E-state index is 6.12. The second-order valence-electron chi connectivity index (χ2n) is 6.99. The zero-order valence-electron chi connectivity index (χ0n) is 13.6. The van der Waals surface area contributed by atoms with Crippen LogP contribution in [0.25, 0.3) is 0 Å². The van der Waals surface area contributed by atoms with Crippen molar-refractivity contribution in [3.05, 3.63) is 28.8 Å². The Labute approximate surface area is 134 Å². The highest BCUT2D eigenvalue weighted by Gasteiger charge is 2.19. The first-order valence-electron chi connectivity index (χ1n) is 8.12. The van der Waals surface area contributed by atoms with Gasteiger partial charge in [-0.2, -0.15) is 0 Å². The summed E-state index contributed by atoms with van der Waals surface area (Å²) in [6, 6.07) is 5.95. The molecule has 0 saturated carbocycles. The minimum atomic E-state index is 0.0487. The highest BCUT2D eigenvalue weighted by molar-refractivity contribution is 6.30. The summed E-state index contributed by atoms with van der Waals surface area (Å²) in [5.41, 5.74) is 1.24. The molecule has 0 atom stereocenters. The average Bonchev–Trinajstić information content (AvgIpc) is 2.45. The van der Waals surface area contributed by atoms with Crippen molar-refractivity contribution in [2.75, 3.05) is 26.2 Å². The second kappa shape index (κ2) is 7.51. The molecule has 1 aliphatic rings. The van der Waals surface area contributed by atoms with Gasteiger partial charge in [0.25, 0.3) is 0 Å². The molecule has 0 unspecified atom stereocenters. The number of halogens is 1. The maximum absolute atomic E-state index is 6.12. The van der Waals surface area contributed by atoms with Gasteiger partial charge in [0, 0.05) is 17.1 Å². The summed E-state index contributed by atoms with van der Waals surface area (Å²) in [5, 5.41) is 0.778. The van der Waals surface area contributed by atoms with Gasteiger partial charge in [0.1, 0.15) is 5.75 Å². The summed E-state index contributed by atoms with van der Waals surface area (Å²) >= 11 is 6.12. The largest absolute Gasteiger partial charge is 0.493 e. The Hall–Kier alpha value is -0.730. The summed E-state index contributed by atoms with van der Waals surface area (Å²) in [6.45, 7) is 11.0. The van der Waals surface area contributed by atoms with Crippen molar-refractivity contribution in [2.45, 2.75) is 51.9 Å². The lowest BCUT2D eigenvalue weighted by Gasteiger charge is -2.26. The molecule has 0 N–H and O–H groups in total. The van der Waals surface area contributed by atoms with Crippen molar-refractivity contribution < 1.29 is 4.74 Å². The number of nitrogens with zero attached hydrogens (tertiary/aromatic N) is 1. The van der Waals surface area contributed by atoms with Gasteiger partial charge in [0.15, 0.2) is 0 Å². The lowest BCUT2D eigenvalue weighted by molar-refractivity contribution is 0.204. The van der Waals surface area contributed by atoms with Crippen molar-refractivity contribution >= 4 is 11.6 Å². The van der Waals surface area contributed by atoms with Crippen LogP contribution in [0.15, 0.2) is 18.2 Å². The number of piperidine rings is 1. The van der Waals surface area contributed by atoms with Crippen LogP contribution < -0.4 is 4.74 Å². The average molecular weight is 310 g/mol. The molecule has 1 fully saturated rings. The van der Waals surface area contributed by atoms with Crippen molar-refractivity contribution in [1.82, 2.24) is 4.90 Å². The van der Waals surface area contributed by atoms with Crippen molar-refractivity contribution in [3.8, 4) is 5.75 Å². The van der Waals surface area contributed by atoms with Gasteiger partial charge in [-0.15, -0.1) is 0 Å². The van der Waals surface area contributed by atoms with Crippen LogP contribution >= 0.6 is 11.6 Å². The summed E-state index contributed by atoms with van der Waals surface area (Å²) in [6.07, 6.45) is 5.19. The highest BCUT2D eigenvalue weighted by Crippen LogP contribution is 2.33. The fourth-order valence-corrected chi connectivity index (χ4v) is 3.04. The van der Waals surface area contributed by atoms with Crippen LogP contribution in [0.4, 0.5) is 0 Å². The molecule has 21 heavy (non-hydrogen) atoms. The van der Waals surface area contributed by atoms with Crippen LogP contribution in [0, 0.1) is 0 Å². The Morgan fingerprint density at radius 3 is 2.52 bits per heavy atom. The zero-order valence-corrected chi connectivity index (χ0v) is 14.4. The summed E-state index contributed by atoms with van der Waals surface area (Å²) in [4.78, 5) is 2.55. The SMILES string of the molecule is CC(C)(C)c1cc(Cl)ccc1OCCCN1CCCCC1. The number of hydrogen-bond donors (Lipinski definition) is 0. The van der Waals surface area contributed by atoms with E-state index in [1.807, 2.05) is 18.2 Å². The van der Waals surface area contributed by atoms with Crippen molar-refractivity contribution in [1.29, 1.82) is 0 Å². The molecule has 1 saturated heterocycles. The molecule has 0 aromatic heterocycles. The van der Waals surface area contributed by atoms with Gasteiger partial charge in [0.05, 0.1) is 6.61 Å². The van der Waals surface area contributed by atoms with Crippen LogP contribution in [0.2, 0.25) is 5.02 Å². The molecule has 1 aromatic carbocycles. The molecule has 1 aliphatic heterocycles. The number of benzene rings is 1. The van der Waals surface area contributed by atoms with Gasteiger partial charge in [-0.25, -0.2) is 0 Å². The Kier molecular flexibility index (Phi) is 5.95. The molecular weight excluding hydrogens is 282 g/mol. The van der Waals surface area contributed by atoms with E-state index in [2.05, 4.69) is 25.7 Å². The minimum Gasteiger partial charge on any atom is -0.493 e. The summed E-state index contributed by atoms with van der Waals surface area (Å²) in [7, 11) is 0. The predicted octanol–water partition coefficient (Wildman–Crippen LogP) is 4.89. The zero-order chi connectivity index (χ0) is 15.3. The van der Waals surface area contributed by atoms with E-state index in [1.165, 1.54) is 37.9 Å². The third-order valence-electron chi connectivity index (χ3n) is 4.07. The van der Waals surface area contributed by atoms with Crippen LogP contribution in [-0.4, -0.2) is 31.1 Å². The Balaban J connectivity index is 1.85. The molecule has 2 nitrogen and oxygen atoms in total. The quantitative estimate of drug-likeness (QED) is 0.718. The molecule has 0 amide bonds. The van der Waals surface area contributed by atoms with Crippen LogP contribution in [0.1, 0.15) is 52.0 Å². The van der Waals surface area contributed by atoms with E-state index in [0.29, 0.717) is 0 Å².